The zero-order valence-electron chi connectivity index (χ0n) is 11.5. The number of hydrogen-bond acceptors (Lipinski definition) is 2. The van der Waals surface area contributed by atoms with Gasteiger partial charge in [-0.1, -0.05) is 77.6 Å². The van der Waals surface area contributed by atoms with E-state index in [1.54, 1.807) is 0 Å². The Labute approximate surface area is 113 Å². The van der Waals surface area contributed by atoms with E-state index in [-0.39, 0.29) is 5.25 Å². The fraction of sp³-hybridized carbons (Fsp3) is 0.933. The van der Waals surface area contributed by atoms with Gasteiger partial charge in [-0.3, -0.25) is 0 Å². The lowest BCUT2D eigenvalue weighted by atomic mass is 10.0. The first kappa shape index (κ1) is 17.0. The highest BCUT2D eigenvalue weighted by atomic mass is 32.1. The Hall–Kier alpha value is 0.0200. The van der Waals surface area contributed by atoms with Gasteiger partial charge in [-0.2, -0.15) is 12.6 Å². The molecule has 1 atom stereocenters. The van der Waals surface area contributed by atoms with Crippen LogP contribution in [0.3, 0.4) is 0 Å². The van der Waals surface area contributed by atoms with Gasteiger partial charge >= 0.3 is 0 Å². The maximum Gasteiger partial charge on any atom is 0.132 e. The van der Waals surface area contributed by atoms with E-state index in [0.717, 1.165) is 19.1 Å². The van der Waals surface area contributed by atoms with Gasteiger partial charge in [0.05, 0.1) is 5.25 Å². The predicted octanol–water partition coefficient (Wildman–Crippen LogP) is 5.18. The summed E-state index contributed by atoms with van der Waals surface area (Å²) >= 11 is 4.16. The van der Waals surface area contributed by atoms with E-state index in [9.17, 15) is 4.79 Å². The molecule has 0 aromatic rings. The topological polar surface area (TPSA) is 17.1 Å². The second-order valence-electron chi connectivity index (χ2n) is 5.03. The molecule has 17 heavy (non-hydrogen) atoms. The van der Waals surface area contributed by atoms with Gasteiger partial charge < -0.3 is 4.79 Å². The maximum atomic E-state index is 10.3. The molecular weight excluding hydrogens is 228 g/mol. The minimum Gasteiger partial charge on any atom is -0.302 e. The molecule has 1 nitrogen and oxygen atoms in total. The monoisotopic (exact) mass is 258 g/mol. The van der Waals surface area contributed by atoms with Crippen LogP contribution < -0.4 is 0 Å². The van der Waals surface area contributed by atoms with E-state index in [2.05, 4.69) is 19.6 Å². The van der Waals surface area contributed by atoms with Gasteiger partial charge in [0.2, 0.25) is 0 Å². The molecule has 0 aromatic heterocycles. The Morgan fingerprint density at radius 2 is 1.24 bits per heavy atom. The minimum absolute atomic E-state index is 0.0337. The van der Waals surface area contributed by atoms with Crippen LogP contribution in [-0.2, 0) is 4.79 Å². The summed E-state index contributed by atoms with van der Waals surface area (Å²) in [5.41, 5.74) is 0. The van der Waals surface area contributed by atoms with Gasteiger partial charge in [0, 0.05) is 0 Å². The molecule has 0 N–H and O–H groups in total. The van der Waals surface area contributed by atoms with Crippen molar-refractivity contribution in [3.05, 3.63) is 0 Å². The quantitative estimate of drug-likeness (QED) is 0.273. The molecule has 0 radical (unpaired) electrons. The first-order valence-corrected chi connectivity index (χ1v) is 7.96. The Morgan fingerprint density at radius 1 is 0.824 bits per heavy atom. The molecule has 0 heterocycles. The summed E-state index contributed by atoms with van der Waals surface area (Å²) < 4.78 is 0. The summed E-state index contributed by atoms with van der Waals surface area (Å²) in [5, 5.41) is -0.0337. The number of rotatable bonds is 13. The summed E-state index contributed by atoms with van der Waals surface area (Å²) in [4.78, 5) is 10.3. The Balaban J connectivity index is 2.96. The molecule has 0 fully saturated rings. The van der Waals surface area contributed by atoms with Crippen LogP contribution in [0.1, 0.15) is 84.0 Å². The van der Waals surface area contributed by atoms with Crippen molar-refractivity contribution >= 4 is 18.9 Å². The Morgan fingerprint density at radius 3 is 1.65 bits per heavy atom. The lowest BCUT2D eigenvalue weighted by Crippen LogP contribution is -1.98. The third kappa shape index (κ3) is 14.0. The molecule has 102 valence electrons. The number of carbonyl (C=O) groups is 1. The maximum absolute atomic E-state index is 10.3. The fourth-order valence-electron chi connectivity index (χ4n) is 2.09. The molecule has 0 aliphatic rings. The second kappa shape index (κ2) is 14.1. The predicted molar refractivity (Wildman–Crippen MR) is 79.9 cm³/mol. The van der Waals surface area contributed by atoms with Crippen molar-refractivity contribution in [2.24, 2.45) is 0 Å². The van der Waals surface area contributed by atoms with Gasteiger partial charge in [-0.05, 0) is 6.42 Å². The van der Waals surface area contributed by atoms with Crippen LogP contribution in [0.5, 0.6) is 0 Å². The molecule has 0 aliphatic carbocycles. The van der Waals surface area contributed by atoms with Crippen LogP contribution in [0.4, 0.5) is 0 Å². The van der Waals surface area contributed by atoms with Gasteiger partial charge in [-0.15, -0.1) is 0 Å². The van der Waals surface area contributed by atoms with Crippen LogP contribution in [0, 0.1) is 0 Å². The van der Waals surface area contributed by atoms with Crippen LogP contribution in [0.15, 0.2) is 0 Å². The number of aldehydes is 1. The molecule has 0 saturated carbocycles. The second-order valence-corrected chi connectivity index (χ2v) is 5.69. The number of hydrogen-bond donors (Lipinski definition) is 1. The van der Waals surface area contributed by atoms with Crippen molar-refractivity contribution in [3.8, 4) is 0 Å². The summed E-state index contributed by atoms with van der Waals surface area (Å²) in [6.45, 7) is 2.26. The number of carbonyl (C=O) groups excluding carboxylic acids is 1. The zero-order chi connectivity index (χ0) is 12.8. The van der Waals surface area contributed by atoms with Crippen molar-refractivity contribution in [2.75, 3.05) is 0 Å². The largest absolute Gasteiger partial charge is 0.302 e. The third-order valence-corrected chi connectivity index (χ3v) is 3.64. The lowest BCUT2D eigenvalue weighted by Gasteiger charge is -2.03. The first-order chi connectivity index (χ1) is 8.31. The fourth-order valence-corrected chi connectivity index (χ4v) is 2.27. The summed E-state index contributed by atoms with van der Waals surface area (Å²) in [6.07, 6.45) is 16.8. The Bertz CT molecular complexity index is 159. The van der Waals surface area contributed by atoms with Crippen molar-refractivity contribution in [2.45, 2.75) is 89.2 Å². The van der Waals surface area contributed by atoms with Crippen molar-refractivity contribution in [1.29, 1.82) is 0 Å². The molecule has 0 aliphatic heterocycles. The number of unbranched alkanes of at least 4 members (excludes halogenated alkanes) is 10. The van der Waals surface area contributed by atoms with E-state index in [4.69, 9.17) is 0 Å². The molecule has 1 unspecified atom stereocenters. The highest BCUT2D eigenvalue weighted by molar-refractivity contribution is 7.81. The highest BCUT2D eigenvalue weighted by Gasteiger charge is 1.99. The van der Waals surface area contributed by atoms with E-state index in [1.165, 1.54) is 64.2 Å². The zero-order valence-corrected chi connectivity index (χ0v) is 12.4. The molecular formula is C15H30OS. The standard InChI is InChI=1S/C15H30OS/c1-2-3-4-5-6-7-8-9-10-11-12-13-15(17)14-16/h14-15,17H,2-13H2,1H3. The molecule has 0 amide bonds. The van der Waals surface area contributed by atoms with E-state index in [0.29, 0.717) is 0 Å². The molecule has 0 rings (SSSR count). The van der Waals surface area contributed by atoms with Crippen LogP contribution >= 0.6 is 12.6 Å². The van der Waals surface area contributed by atoms with E-state index >= 15 is 0 Å². The summed E-state index contributed by atoms with van der Waals surface area (Å²) in [6, 6.07) is 0. The van der Waals surface area contributed by atoms with E-state index in [1.807, 2.05) is 0 Å². The van der Waals surface area contributed by atoms with Crippen molar-refractivity contribution in [1.82, 2.24) is 0 Å². The van der Waals surface area contributed by atoms with Crippen molar-refractivity contribution < 1.29 is 4.79 Å². The molecule has 0 saturated heterocycles. The number of thiol groups is 1. The molecule has 0 aromatic carbocycles. The smallest absolute Gasteiger partial charge is 0.132 e. The minimum atomic E-state index is -0.0337. The normalized spacial score (nSPS) is 12.6. The Kier molecular flexibility index (Phi) is 14.1. The lowest BCUT2D eigenvalue weighted by molar-refractivity contribution is -0.107. The van der Waals surface area contributed by atoms with Crippen LogP contribution in [0.25, 0.3) is 0 Å². The van der Waals surface area contributed by atoms with Gasteiger partial charge in [-0.25, -0.2) is 0 Å². The highest BCUT2D eigenvalue weighted by Crippen LogP contribution is 2.13. The molecule has 0 bridgehead atoms. The SMILES string of the molecule is CCCCCCCCCCCCCC(S)C=O. The third-order valence-electron chi connectivity index (χ3n) is 3.26. The van der Waals surface area contributed by atoms with Crippen LogP contribution in [-0.4, -0.2) is 11.5 Å². The van der Waals surface area contributed by atoms with Gasteiger partial charge in [0.25, 0.3) is 0 Å². The van der Waals surface area contributed by atoms with Crippen molar-refractivity contribution in [3.63, 3.8) is 0 Å². The average Bonchev–Trinajstić information content (AvgIpc) is 2.35. The van der Waals surface area contributed by atoms with Gasteiger partial charge in [0.1, 0.15) is 6.29 Å². The van der Waals surface area contributed by atoms with Gasteiger partial charge in [0.15, 0.2) is 0 Å². The molecule has 0 spiro atoms. The summed E-state index contributed by atoms with van der Waals surface area (Å²) in [5.74, 6) is 0. The van der Waals surface area contributed by atoms with Crippen LogP contribution in [0.2, 0.25) is 0 Å². The van der Waals surface area contributed by atoms with E-state index < -0.39 is 0 Å². The molecule has 2 heteroatoms. The average molecular weight is 258 g/mol. The first-order valence-electron chi connectivity index (χ1n) is 7.44. The summed E-state index contributed by atoms with van der Waals surface area (Å²) in [7, 11) is 0.